The van der Waals surface area contributed by atoms with E-state index >= 15 is 0 Å². The van der Waals surface area contributed by atoms with E-state index in [9.17, 15) is 0 Å². The fraction of sp³-hybridized carbons (Fsp3) is 0.667. The lowest BCUT2D eigenvalue weighted by Gasteiger charge is -1.97. The van der Waals surface area contributed by atoms with Crippen molar-refractivity contribution in [2.45, 2.75) is 18.5 Å². The summed E-state index contributed by atoms with van der Waals surface area (Å²) in [5, 5.41) is 8.54. The summed E-state index contributed by atoms with van der Waals surface area (Å²) in [6.45, 7) is 2.13. The average Bonchev–Trinajstić information content (AvgIpc) is 2.31. The Bertz CT molecular complexity index is 232. The van der Waals surface area contributed by atoms with E-state index in [0.29, 0.717) is 5.95 Å². The van der Waals surface area contributed by atoms with Crippen molar-refractivity contribution in [2.75, 3.05) is 11.5 Å². The number of nitrogen functional groups attached to an aromatic ring is 1. The molecule has 1 heterocycles. The Hall–Kier alpha value is -0.710. The molecule has 2 N–H and O–H groups in total. The number of nitrogens with zero attached hydrogens (tertiary/aromatic N) is 3. The van der Waals surface area contributed by atoms with Crippen molar-refractivity contribution in [3.63, 3.8) is 0 Å². The molecule has 4 nitrogen and oxygen atoms in total. The third-order valence-electron chi connectivity index (χ3n) is 1.30. The zero-order chi connectivity index (χ0) is 8.27. The zero-order valence-electron chi connectivity index (χ0n) is 6.74. The van der Waals surface area contributed by atoms with Gasteiger partial charge in [0.15, 0.2) is 5.16 Å². The zero-order valence-corrected chi connectivity index (χ0v) is 7.56. The molecule has 0 aliphatic rings. The fourth-order valence-electron chi connectivity index (χ4n) is 0.645. The minimum atomic E-state index is 0.476. The van der Waals surface area contributed by atoms with Crippen LogP contribution in [-0.4, -0.2) is 20.5 Å². The van der Waals surface area contributed by atoms with Crippen LogP contribution in [0.1, 0.15) is 13.3 Å². The molecular weight excluding hydrogens is 160 g/mol. The van der Waals surface area contributed by atoms with Crippen LogP contribution >= 0.6 is 11.8 Å². The topological polar surface area (TPSA) is 56.7 Å². The summed E-state index contributed by atoms with van der Waals surface area (Å²) in [6.07, 6.45) is 1.14. The summed E-state index contributed by atoms with van der Waals surface area (Å²) >= 11 is 1.68. The van der Waals surface area contributed by atoms with E-state index in [1.54, 1.807) is 16.3 Å². The summed E-state index contributed by atoms with van der Waals surface area (Å²) < 4.78 is 1.79. The average molecular weight is 172 g/mol. The van der Waals surface area contributed by atoms with Gasteiger partial charge in [-0.25, -0.2) is 0 Å². The van der Waals surface area contributed by atoms with Gasteiger partial charge in [-0.3, -0.25) is 4.57 Å². The molecule has 5 heteroatoms. The van der Waals surface area contributed by atoms with Crippen LogP contribution < -0.4 is 5.73 Å². The van der Waals surface area contributed by atoms with Gasteiger partial charge in [0.1, 0.15) is 0 Å². The van der Waals surface area contributed by atoms with E-state index in [0.717, 1.165) is 17.3 Å². The summed E-state index contributed by atoms with van der Waals surface area (Å²) in [5.74, 6) is 1.54. The molecule has 1 rings (SSSR count). The first-order valence-electron chi connectivity index (χ1n) is 3.53. The summed E-state index contributed by atoms with van der Waals surface area (Å²) in [7, 11) is 1.87. The predicted molar refractivity (Wildman–Crippen MR) is 46.4 cm³/mol. The van der Waals surface area contributed by atoms with Gasteiger partial charge in [0.25, 0.3) is 0 Å². The number of hydrogen-bond donors (Lipinski definition) is 1. The molecule has 0 bridgehead atoms. The molecule has 0 saturated heterocycles. The Morgan fingerprint density at radius 3 is 2.73 bits per heavy atom. The molecule has 0 amide bonds. The van der Waals surface area contributed by atoms with Crippen LogP contribution in [0.2, 0.25) is 0 Å². The highest BCUT2D eigenvalue weighted by Gasteiger charge is 2.03. The lowest BCUT2D eigenvalue weighted by atomic mass is 10.6. The van der Waals surface area contributed by atoms with Gasteiger partial charge in [0, 0.05) is 12.8 Å². The van der Waals surface area contributed by atoms with E-state index in [1.165, 1.54) is 0 Å². The van der Waals surface area contributed by atoms with Crippen LogP contribution in [0.25, 0.3) is 0 Å². The Labute approximate surface area is 70.2 Å². The van der Waals surface area contributed by atoms with Gasteiger partial charge >= 0.3 is 0 Å². The second kappa shape index (κ2) is 3.61. The van der Waals surface area contributed by atoms with Gasteiger partial charge in [-0.2, -0.15) is 0 Å². The van der Waals surface area contributed by atoms with E-state index in [2.05, 4.69) is 17.1 Å². The van der Waals surface area contributed by atoms with Crippen LogP contribution in [0.4, 0.5) is 5.95 Å². The lowest BCUT2D eigenvalue weighted by Crippen LogP contribution is -1.98. The van der Waals surface area contributed by atoms with E-state index in [1.807, 2.05) is 7.05 Å². The number of hydrogen-bond acceptors (Lipinski definition) is 4. The van der Waals surface area contributed by atoms with E-state index in [4.69, 9.17) is 5.73 Å². The van der Waals surface area contributed by atoms with Crippen molar-refractivity contribution >= 4 is 17.7 Å². The molecule has 0 aliphatic carbocycles. The molecule has 0 spiro atoms. The second-order valence-corrected chi connectivity index (χ2v) is 3.31. The fourth-order valence-corrected chi connectivity index (χ4v) is 1.42. The maximum atomic E-state index is 5.49. The monoisotopic (exact) mass is 172 g/mol. The van der Waals surface area contributed by atoms with Crippen LogP contribution in [0.15, 0.2) is 5.16 Å². The molecule has 0 unspecified atom stereocenters. The number of nitrogens with two attached hydrogens (primary N) is 1. The maximum absolute atomic E-state index is 5.49. The SMILES string of the molecule is CCCSc1nnc(N)n1C. The number of rotatable bonds is 3. The molecule has 1 aromatic heterocycles. The minimum absolute atomic E-state index is 0.476. The molecule has 62 valence electrons. The molecule has 0 atom stereocenters. The highest BCUT2D eigenvalue weighted by molar-refractivity contribution is 7.99. The Kier molecular flexibility index (Phi) is 2.76. The van der Waals surface area contributed by atoms with Crippen molar-refractivity contribution in [3.8, 4) is 0 Å². The highest BCUT2D eigenvalue weighted by atomic mass is 32.2. The molecule has 11 heavy (non-hydrogen) atoms. The van der Waals surface area contributed by atoms with E-state index in [-0.39, 0.29) is 0 Å². The number of aromatic nitrogens is 3. The Morgan fingerprint density at radius 2 is 2.27 bits per heavy atom. The van der Waals surface area contributed by atoms with Crippen LogP contribution in [0, 0.1) is 0 Å². The Morgan fingerprint density at radius 1 is 1.55 bits per heavy atom. The van der Waals surface area contributed by atoms with Crippen molar-refractivity contribution in [2.24, 2.45) is 7.05 Å². The molecule has 0 aliphatic heterocycles. The van der Waals surface area contributed by atoms with Gasteiger partial charge in [0.05, 0.1) is 0 Å². The first-order chi connectivity index (χ1) is 5.25. The van der Waals surface area contributed by atoms with E-state index < -0.39 is 0 Å². The normalized spacial score (nSPS) is 10.4. The van der Waals surface area contributed by atoms with Crippen LogP contribution in [0.3, 0.4) is 0 Å². The van der Waals surface area contributed by atoms with Crippen LogP contribution in [-0.2, 0) is 7.05 Å². The van der Waals surface area contributed by atoms with Crippen molar-refractivity contribution < 1.29 is 0 Å². The van der Waals surface area contributed by atoms with Crippen molar-refractivity contribution in [3.05, 3.63) is 0 Å². The third kappa shape index (κ3) is 1.86. The second-order valence-electron chi connectivity index (χ2n) is 2.25. The summed E-state index contributed by atoms with van der Waals surface area (Å²) in [4.78, 5) is 0. The largest absolute Gasteiger partial charge is 0.368 e. The number of anilines is 1. The molecule has 0 aromatic carbocycles. The van der Waals surface area contributed by atoms with Gasteiger partial charge in [0.2, 0.25) is 5.95 Å². The Balaban J connectivity index is 2.63. The molecule has 0 fully saturated rings. The van der Waals surface area contributed by atoms with Gasteiger partial charge in [-0.15, -0.1) is 10.2 Å². The molecule has 0 radical (unpaired) electrons. The highest BCUT2D eigenvalue weighted by Crippen LogP contribution is 2.16. The van der Waals surface area contributed by atoms with Gasteiger partial charge in [-0.05, 0) is 6.42 Å². The smallest absolute Gasteiger partial charge is 0.222 e. The quantitative estimate of drug-likeness (QED) is 0.688. The summed E-state index contributed by atoms with van der Waals surface area (Å²) in [5.41, 5.74) is 5.49. The van der Waals surface area contributed by atoms with Gasteiger partial charge < -0.3 is 5.73 Å². The summed E-state index contributed by atoms with van der Waals surface area (Å²) in [6, 6.07) is 0. The van der Waals surface area contributed by atoms with Crippen molar-refractivity contribution in [1.29, 1.82) is 0 Å². The first kappa shape index (κ1) is 8.39. The standard InChI is InChI=1S/C6H12N4S/c1-3-4-11-6-9-8-5(7)10(6)2/h3-4H2,1-2H3,(H2,7,8). The lowest BCUT2D eigenvalue weighted by molar-refractivity contribution is 0.795. The molecule has 0 saturated carbocycles. The number of thioether (sulfide) groups is 1. The maximum Gasteiger partial charge on any atom is 0.222 e. The third-order valence-corrected chi connectivity index (χ3v) is 2.53. The molecular formula is C6H12N4S. The minimum Gasteiger partial charge on any atom is -0.368 e. The first-order valence-corrected chi connectivity index (χ1v) is 4.52. The van der Waals surface area contributed by atoms with Crippen molar-refractivity contribution in [1.82, 2.24) is 14.8 Å². The predicted octanol–water partition coefficient (Wildman–Crippen LogP) is 0.899. The van der Waals surface area contributed by atoms with Gasteiger partial charge in [-0.1, -0.05) is 18.7 Å². The molecule has 1 aromatic rings. The van der Waals surface area contributed by atoms with Crippen LogP contribution in [0.5, 0.6) is 0 Å².